The van der Waals surface area contributed by atoms with Crippen molar-refractivity contribution in [3.8, 4) is 28.3 Å². The van der Waals surface area contributed by atoms with Crippen LogP contribution in [0.25, 0.3) is 33.5 Å². The van der Waals surface area contributed by atoms with Crippen LogP contribution in [-0.2, 0) is 0 Å². The standard InChI is InChI=1S/C26H28N4O/c1-6-31-22-15-16-23-24(17-22)28-26(19-9-13-21(14-10-19)30(4)5)25(27-23)18-7-11-20(12-8-18)29(2)3/h7-17H,6H2,1-5H3. The van der Waals surface area contributed by atoms with Crippen LogP contribution in [0.3, 0.4) is 0 Å². The minimum Gasteiger partial charge on any atom is -0.494 e. The second-order valence-electron chi connectivity index (χ2n) is 7.89. The Kier molecular flexibility index (Phi) is 5.76. The number of hydrogen-bond acceptors (Lipinski definition) is 5. The molecule has 0 aliphatic rings. The molecule has 0 saturated heterocycles. The molecule has 0 amide bonds. The maximum atomic E-state index is 5.67. The van der Waals surface area contributed by atoms with E-state index >= 15 is 0 Å². The Morgan fingerprint density at radius 1 is 0.645 bits per heavy atom. The molecule has 0 aliphatic carbocycles. The Morgan fingerprint density at radius 3 is 1.58 bits per heavy atom. The zero-order valence-electron chi connectivity index (χ0n) is 18.8. The van der Waals surface area contributed by atoms with Crippen molar-refractivity contribution in [1.29, 1.82) is 0 Å². The van der Waals surface area contributed by atoms with Crippen LogP contribution in [-0.4, -0.2) is 44.8 Å². The predicted octanol–water partition coefficient (Wildman–Crippen LogP) is 5.49. The van der Waals surface area contributed by atoms with Gasteiger partial charge in [-0.2, -0.15) is 0 Å². The van der Waals surface area contributed by atoms with Gasteiger partial charge in [-0.15, -0.1) is 0 Å². The SMILES string of the molecule is CCOc1ccc2nc(-c3ccc(N(C)C)cc3)c(-c3ccc(N(C)C)cc3)nc2c1. The molecule has 158 valence electrons. The van der Waals surface area contributed by atoms with Gasteiger partial charge in [-0.25, -0.2) is 9.97 Å². The summed E-state index contributed by atoms with van der Waals surface area (Å²) in [5.41, 5.74) is 7.79. The van der Waals surface area contributed by atoms with Crippen LogP contribution in [0.5, 0.6) is 5.75 Å². The van der Waals surface area contributed by atoms with Crippen LogP contribution in [0, 0.1) is 0 Å². The van der Waals surface area contributed by atoms with Crippen molar-refractivity contribution in [3.05, 3.63) is 66.7 Å². The second-order valence-corrected chi connectivity index (χ2v) is 7.89. The van der Waals surface area contributed by atoms with Crippen molar-refractivity contribution < 1.29 is 4.74 Å². The number of hydrogen-bond donors (Lipinski definition) is 0. The summed E-state index contributed by atoms with van der Waals surface area (Å²) in [4.78, 5) is 14.2. The topological polar surface area (TPSA) is 41.5 Å². The van der Waals surface area contributed by atoms with Gasteiger partial charge in [0, 0.05) is 56.8 Å². The third-order valence-electron chi connectivity index (χ3n) is 5.26. The maximum absolute atomic E-state index is 5.67. The van der Waals surface area contributed by atoms with E-state index in [9.17, 15) is 0 Å². The molecule has 0 aliphatic heterocycles. The maximum Gasteiger partial charge on any atom is 0.121 e. The zero-order chi connectivity index (χ0) is 22.0. The Balaban J connectivity index is 1.89. The minimum atomic E-state index is 0.619. The molecule has 31 heavy (non-hydrogen) atoms. The van der Waals surface area contributed by atoms with Gasteiger partial charge in [-0.1, -0.05) is 24.3 Å². The first kappa shape index (κ1) is 20.7. The highest BCUT2D eigenvalue weighted by Gasteiger charge is 2.14. The fraction of sp³-hybridized carbons (Fsp3) is 0.231. The zero-order valence-corrected chi connectivity index (χ0v) is 18.8. The lowest BCUT2D eigenvalue weighted by molar-refractivity contribution is 0.340. The van der Waals surface area contributed by atoms with Gasteiger partial charge in [0.05, 0.1) is 29.0 Å². The molecule has 0 spiro atoms. The van der Waals surface area contributed by atoms with E-state index in [4.69, 9.17) is 14.7 Å². The Bertz CT molecular complexity index is 1180. The third-order valence-corrected chi connectivity index (χ3v) is 5.26. The van der Waals surface area contributed by atoms with Crippen LogP contribution < -0.4 is 14.5 Å². The first-order valence-electron chi connectivity index (χ1n) is 10.5. The molecular weight excluding hydrogens is 384 g/mol. The van der Waals surface area contributed by atoms with E-state index in [0.717, 1.165) is 50.7 Å². The van der Waals surface area contributed by atoms with E-state index in [1.165, 1.54) is 0 Å². The lowest BCUT2D eigenvalue weighted by Crippen LogP contribution is -2.08. The number of benzene rings is 3. The summed E-state index contributed by atoms with van der Waals surface area (Å²) in [6, 6.07) is 22.8. The predicted molar refractivity (Wildman–Crippen MR) is 130 cm³/mol. The molecule has 3 aromatic carbocycles. The van der Waals surface area contributed by atoms with Crippen LogP contribution in [0.2, 0.25) is 0 Å². The summed E-state index contributed by atoms with van der Waals surface area (Å²) < 4.78 is 5.67. The summed E-state index contributed by atoms with van der Waals surface area (Å²) in [5.74, 6) is 0.807. The normalized spacial score (nSPS) is 10.9. The molecule has 4 rings (SSSR count). The first-order valence-corrected chi connectivity index (χ1v) is 10.5. The monoisotopic (exact) mass is 412 g/mol. The lowest BCUT2D eigenvalue weighted by Gasteiger charge is -2.16. The molecule has 1 heterocycles. The van der Waals surface area contributed by atoms with Crippen LogP contribution in [0.4, 0.5) is 11.4 Å². The number of ether oxygens (including phenoxy) is 1. The van der Waals surface area contributed by atoms with Gasteiger partial charge in [0.2, 0.25) is 0 Å². The molecule has 0 saturated carbocycles. The second kappa shape index (κ2) is 8.64. The van der Waals surface area contributed by atoms with Gasteiger partial charge in [0.25, 0.3) is 0 Å². The largest absolute Gasteiger partial charge is 0.494 e. The van der Waals surface area contributed by atoms with Gasteiger partial charge in [0.15, 0.2) is 0 Å². The minimum absolute atomic E-state index is 0.619. The van der Waals surface area contributed by atoms with Gasteiger partial charge in [0.1, 0.15) is 5.75 Å². The number of rotatable bonds is 6. The summed E-state index contributed by atoms with van der Waals surface area (Å²) in [7, 11) is 8.16. The van der Waals surface area contributed by atoms with Gasteiger partial charge < -0.3 is 14.5 Å². The molecule has 0 atom stereocenters. The fourth-order valence-electron chi connectivity index (χ4n) is 3.53. The molecule has 0 N–H and O–H groups in total. The van der Waals surface area contributed by atoms with E-state index in [0.29, 0.717) is 6.61 Å². The van der Waals surface area contributed by atoms with E-state index < -0.39 is 0 Å². The number of aromatic nitrogens is 2. The number of nitrogens with zero attached hydrogens (tertiary/aromatic N) is 4. The van der Waals surface area contributed by atoms with E-state index in [2.05, 4.69) is 58.3 Å². The number of anilines is 2. The molecular formula is C26H28N4O. The summed E-state index contributed by atoms with van der Waals surface area (Å²) in [6.45, 7) is 2.60. The highest BCUT2D eigenvalue weighted by Crippen LogP contribution is 2.33. The van der Waals surface area contributed by atoms with Crippen molar-refractivity contribution in [2.24, 2.45) is 0 Å². The van der Waals surface area contributed by atoms with Gasteiger partial charge in [-0.05, 0) is 43.3 Å². The molecule has 0 bridgehead atoms. The molecule has 5 heteroatoms. The highest BCUT2D eigenvalue weighted by atomic mass is 16.5. The summed E-state index contributed by atoms with van der Waals surface area (Å²) in [5, 5.41) is 0. The van der Waals surface area contributed by atoms with Crippen LogP contribution in [0.15, 0.2) is 66.7 Å². The molecule has 1 aromatic heterocycles. The Labute approximate surface area is 183 Å². The molecule has 0 radical (unpaired) electrons. The van der Waals surface area contributed by atoms with Crippen LogP contribution in [0.1, 0.15) is 6.92 Å². The van der Waals surface area contributed by atoms with Crippen molar-refractivity contribution in [2.75, 3.05) is 44.6 Å². The summed E-state index contributed by atoms with van der Waals surface area (Å²) in [6.07, 6.45) is 0. The molecule has 4 aromatic rings. The highest BCUT2D eigenvalue weighted by molar-refractivity contribution is 5.87. The van der Waals surface area contributed by atoms with E-state index in [1.54, 1.807) is 0 Å². The van der Waals surface area contributed by atoms with Crippen molar-refractivity contribution in [2.45, 2.75) is 6.92 Å². The lowest BCUT2D eigenvalue weighted by atomic mass is 10.0. The Morgan fingerprint density at radius 2 is 1.13 bits per heavy atom. The quantitative estimate of drug-likeness (QED) is 0.419. The third kappa shape index (κ3) is 4.31. The van der Waals surface area contributed by atoms with Gasteiger partial charge >= 0.3 is 0 Å². The average molecular weight is 413 g/mol. The van der Waals surface area contributed by atoms with Crippen molar-refractivity contribution in [3.63, 3.8) is 0 Å². The van der Waals surface area contributed by atoms with Crippen molar-refractivity contribution >= 4 is 22.4 Å². The fourth-order valence-corrected chi connectivity index (χ4v) is 3.53. The van der Waals surface area contributed by atoms with Crippen LogP contribution >= 0.6 is 0 Å². The average Bonchev–Trinajstić information content (AvgIpc) is 2.78. The molecule has 0 unspecified atom stereocenters. The first-order chi connectivity index (χ1) is 15.0. The molecule has 5 nitrogen and oxygen atoms in total. The van der Waals surface area contributed by atoms with E-state index in [-0.39, 0.29) is 0 Å². The Hall–Kier alpha value is -3.60. The number of fused-ring (bicyclic) bond motifs is 1. The van der Waals surface area contributed by atoms with E-state index in [1.807, 2.05) is 53.3 Å². The summed E-state index contributed by atoms with van der Waals surface area (Å²) >= 11 is 0. The van der Waals surface area contributed by atoms with Gasteiger partial charge in [-0.3, -0.25) is 0 Å². The van der Waals surface area contributed by atoms with Crippen molar-refractivity contribution in [1.82, 2.24) is 9.97 Å². The molecule has 0 fully saturated rings. The smallest absolute Gasteiger partial charge is 0.121 e.